The standard InChI is InChI=1S/C24H27FN4O2/c1-17(2)29(21-11-4-3-5-12-21)22(30)16-28-13-7-9-19(15-28)24-26-23(27-31-24)18-8-6-10-20(25)14-18/h3-6,8,10-12,14,17,19H,7,9,13,15-16H2,1-2H3. The number of likely N-dealkylation sites (tertiary alicyclic amines) is 1. The van der Waals surface area contributed by atoms with Crippen LogP contribution in [0.4, 0.5) is 10.1 Å². The molecule has 1 aromatic heterocycles. The fourth-order valence-corrected chi connectivity index (χ4v) is 4.13. The Hall–Kier alpha value is -3.06. The number of carbonyl (C=O) groups is 1. The topological polar surface area (TPSA) is 62.5 Å². The van der Waals surface area contributed by atoms with Crippen LogP contribution < -0.4 is 4.90 Å². The molecule has 1 aliphatic rings. The fourth-order valence-electron chi connectivity index (χ4n) is 4.13. The van der Waals surface area contributed by atoms with Gasteiger partial charge < -0.3 is 9.42 Å². The van der Waals surface area contributed by atoms with Crippen LogP contribution in [0.1, 0.15) is 38.5 Å². The molecule has 0 radical (unpaired) electrons. The molecule has 0 bridgehead atoms. The lowest BCUT2D eigenvalue weighted by atomic mass is 9.98. The molecule has 2 heterocycles. The van der Waals surface area contributed by atoms with Crippen LogP contribution in [0.5, 0.6) is 0 Å². The Morgan fingerprint density at radius 1 is 1.23 bits per heavy atom. The van der Waals surface area contributed by atoms with Crippen molar-refractivity contribution in [2.75, 3.05) is 24.5 Å². The molecule has 0 aliphatic carbocycles. The lowest BCUT2D eigenvalue weighted by Crippen LogP contribution is -2.46. The summed E-state index contributed by atoms with van der Waals surface area (Å²) in [6, 6.07) is 16.0. The maximum Gasteiger partial charge on any atom is 0.241 e. The molecule has 3 aromatic rings. The molecule has 1 unspecified atom stereocenters. The first-order chi connectivity index (χ1) is 15.0. The quantitative estimate of drug-likeness (QED) is 0.585. The maximum absolute atomic E-state index is 13.5. The van der Waals surface area contributed by atoms with Gasteiger partial charge in [0.05, 0.1) is 12.5 Å². The van der Waals surface area contributed by atoms with Gasteiger partial charge in [0.15, 0.2) is 0 Å². The molecule has 4 rings (SSSR count). The van der Waals surface area contributed by atoms with E-state index >= 15 is 0 Å². The Morgan fingerprint density at radius 3 is 2.77 bits per heavy atom. The largest absolute Gasteiger partial charge is 0.339 e. The molecule has 2 aromatic carbocycles. The third-order valence-electron chi connectivity index (χ3n) is 5.56. The van der Waals surface area contributed by atoms with E-state index in [4.69, 9.17) is 4.52 Å². The number of hydrogen-bond acceptors (Lipinski definition) is 5. The molecule has 1 saturated heterocycles. The normalized spacial score (nSPS) is 17.1. The average Bonchev–Trinajstić information content (AvgIpc) is 3.25. The summed E-state index contributed by atoms with van der Waals surface area (Å²) in [5, 5.41) is 4.03. The minimum absolute atomic E-state index is 0.0561. The van der Waals surface area contributed by atoms with Gasteiger partial charge in [-0.3, -0.25) is 9.69 Å². The van der Waals surface area contributed by atoms with Gasteiger partial charge in [-0.2, -0.15) is 4.98 Å². The highest BCUT2D eigenvalue weighted by Gasteiger charge is 2.29. The molecule has 1 atom stereocenters. The number of benzene rings is 2. The van der Waals surface area contributed by atoms with E-state index in [-0.39, 0.29) is 23.7 Å². The van der Waals surface area contributed by atoms with E-state index in [1.807, 2.05) is 49.1 Å². The second-order valence-corrected chi connectivity index (χ2v) is 8.23. The monoisotopic (exact) mass is 422 g/mol. The number of anilines is 1. The van der Waals surface area contributed by atoms with Gasteiger partial charge in [-0.25, -0.2) is 4.39 Å². The van der Waals surface area contributed by atoms with Gasteiger partial charge in [0, 0.05) is 23.8 Å². The number of nitrogens with zero attached hydrogens (tertiary/aromatic N) is 4. The number of rotatable bonds is 6. The van der Waals surface area contributed by atoms with Crippen molar-refractivity contribution in [3.63, 3.8) is 0 Å². The summed E-state index contributed by atoms with van der Waals surface area (Å²) < 4.78 is 19.0. The van der Waals surface area contributed by atoms with Crippen molar-refractivity contribution in [2.45, 2.75) is 38.6 Å². The molecule has 1 aliphatic heterocycles. The Morgan fingerprint density at radius 2 is 2.03 bits per heavy atom. The van der Waals surface area contributed by atoms with Crippen molar-refractivity contribution in [2.24, 2.45) is 0 Å². The summed E-state index contributed by atoms with van der Waals surface area (Å²) in [6.07, 6.45) is 1.87. The smallest absolute Gasteiger partial charge is 0.241 e. The van der Waals surface area contributed by atoms with E-state index < -0.39 is 0 Å². The Kier molecular flexibility index (Phi) is 6.42. The van der Waals surface area contributed by atoms with E-state index in [0.29, 0.717) is 30.4 Å². The van der Waals surface area contributed by atoms with Crippen LogP contribution in [-0.2, 0) is 4.79 Å². The second-order valence-electron chi connectivity index (χ2n) is 8.23. The van der Waals surface area contributed by atoms with Gasteiger partial charge in [0.1, 0.15) is 5.82 Å². The number of hydrogen-bond donors (Lipinski definition) is 0. The van der Waals surface area contributed by atoms with Gasteiger partial charge in [-0.15, -0.1) is 0 Å². The van der Waals surface area contributed by atoms with Gasteiger partial charge in [-0.05, 0) is 57.5 Å². The first-order valence-electron chi connectivity index (χ1n) is 10.7. The second kappa shape index (κ2) is 9.39. The summed E-state index contributed by atoms with van der Waals surface area (Å²) in [7, 11) is 0. The minimum Gasteiger partial charge on any atom is -0.339 e. The Balaban J connectivity index is 1.43. The Labute approximate surface area is 181 Å². The predicted octanol–water partition coefficient (Wildman–Crippen LogP) is 4.50. The molecule has 1 amide bonds. The van der Waals surface area contributed by atoms with Crippen molar-refractivity contribution >= 4 is 11.6 Å². The lowest BCUT2D eigenvalue weighted by molar-refractivity contribution is -0.120. The first-order valence-corrected chi connectivity index (χ1v) is 10.7. The van der Waals surface area contributed by atoms with E-state index in [1.54, 1.807) is 12.1 Å². The SMILES string of the molecule is CC(C)N(C(=O)CN1CCCC(c2nc(-c3cccc(F)c3)no2)C1)c1ccccc1. The number of amides is 1. The van der Waals surface area contributed by atoms with Crippen molar-refractivity contribution in [1.82, 2.24) is 15.0 Å². The number of carbonyl (C=O) groups excluding carboxylic acids is 1. The number of piperidine rings is 1. The third-order valence-corrected chi connectivity index (χ3v) is 5.56. The van der Waals surface area contributed by atoms with Gasteiger partial charge >= 0.3 is 0 Å². The predicted molar refractivity (Wildman–Crippen MR) is 117 cm³/mol. The zero-order valence-corrected chi connectivity index (χ0v) is 17.9. The van der Waals surface area contributed by atoms with Crippen molar-refractivity contribution in [1.29, 1.82) is 0 Å². The van der Waals surface area contributed by atoms with Crippen molar-refractivity contribution < 1.29 is 13.7 Å². The van der Waals surface area contributed by atoms with Crippen molar-refractivity contribution in [3.05, 3.63) is 66.3 Å². The third kappa shape index (κ3) is 4.99. The number of aromatic nitrogens is 2. The fraction of sp³-hybridized carbons (Fsp3) is 0.375. The highest BCUT2D eigenvalue weighted by molar-refractivity contribution is 5.95. The molecule has 0 saturated carbocycles. The first kappa shape index (κ1) is 21.2. The summed E-state index contributed by atoms with van der Waals surface area (Å²) in [6.45, 7) is 5.92. The number of halogens is 1. The Bertz CT molecular complexity index is 1020. The van der Waals surface area contributed by atoms with Crippen LogP contribution in [0.25, 0.3) is 11.4 Å². The van der Waals surface area contributed by atoms with Crippen LogP contribution in [0, 0.1) is 5.82 Å². The summed E-state index contributed by atoms with van der Waals surface area (Å²) >= 11 is 0. The maximum atomic E-state index is 13.5. The molecule has 1 fully saturated rings. The molecule has 0 N–H and O–H groups in total. The van der Waals surface area contributed by atoms with E-state index in [1.165, 1.54) is 12.1 Å². The molecular weight excluding hydrogens is 395 g/mol. The molecule has 31 heavy (non-hydrogen) atoms. The lowest BCUT2D eigenvalue weighted by Gasteiger charge is -2.33. The van der Waals surface area contributed by atoms with Crippen LogP contribution in [0.2, 0.25) is 0 Å². The van der Waals surface area contributed by atoms with Crippen LogP contribution in [-0.4, -0.2) is 46.6 Å². The summed E-state index contributed by atoms with van der Waals surface area (Å²) in [5.74, 6) is 0.727. The zero-order valence-electron chi connectivity index (χ0n) is 17.9. The van der Waals surface area contributed by atoms with E-state index in [0.717, 1.165) is 25.1 Å². The van der Waals surface area contributed by atoms with E-state index in [9.17, 15) is 9.18 Å². The molecule has 7 heteroatoms. The molecule has 0 spiro atoms. The summed E-state index contributed by atoms with van der Waals surface area (Å²) in [4.78, 5) is 21.6. The van der Waals surface area contributed by atoms with E-state index in [2.05, 4.69) is 15.0 Å². The van der Waals surface area contributed by atoms with Crippen LogP contribution in [0.15, 0.2) is 59.1 Å². The average molecular weight is 423 g/mol. The van der Waals surface area contributed by atoms with Gasteiger partial charge in [0.2, 0.25) is 17.6 Å². The van der Waals surface area contributed by atoms with Gasteiger partial charge in [-0.1, -0.05) is 35.5 Å². The van der Waals surface area contributed by atoms with Crippen LogP contribution in [0.3, 0.4) is 0 Å². The number of para-hydroxylation sites is 1. The van der Waals surface area contributed by atoms with Gasteiger partial charge in [0.25, 0.3) is 0 Å². The molecular formula is C24H27FN4O2. The highest BCUT2D eigenvalue weighted by atomic mass is 19.1. The summed E-state index contributed by atoms with van der Waals surface area (Å²) in [5.41, 5.74) is 1.50. The molecule has 6 nitrogen and oxygen atoms in total. The zero-order chi connectivity index (χ0) is 21.8. The molecule has 162 valence electrons. The minimum atomic E-state index is -0.334. The highest BCUT2D eigenvalue weighted by Crippen LogP contribution is 2.28. The van der Waals surface area contributed by atoms with Crippen LogP contribution >= 0.6 is 0 Å². The van der Waals surface area contributed by atoms with Crippen molar-refractivity contribution in [3.8, 4) is 11.4 Å².